The van der Waals surface area contributed by atoms with Crippen LogP contribution < -0.4 is 0 Å². The van der Waals surface area contributed by atoms with Gasteiger partial charge in [0.15, 0.2) is 0 Å². The molecule has 3 aliphatic heterocycles. The summed E-state index contributed by atoms with van der Waals surface area (Å²) in [7, 11) is 0. The van der Waals surface area contributed by atoms with Gasteiger partial charge in [-0.25, -0.2) is 0 Å². The van der Waals surface area contributed by atoms with Gasteiger partial charge in [0.05, 0.1) is 11.1 Å². The first-order valence-electron chi connectivity index (χ1n) is 11.7. The summed E-state index contributed by atoms with van der Waals surface area (Å²) in [4.78, 5) is 29.6. The van der Waals surface area contributed by atoms with Gasteiger partial charge in [-0.05, 0) is 63.0 Å². The third-order valence-corrected chi connectivity index (χ3v) is 7.98. The Balaban J connectivity index is 1.35. The van der Waals surface area contributed by atoms with E-state index in [4.69, 9.17) is 0 Å². The molecule has 31 heavy (non-hydrogen) atoms. The molecule has 2 aromatic heterocycles. The molecule has 0 bridgehead atoms. The zero-order valence-electron chi connectivity index (χ0n) is 18.5. The molecule has 6 nitrogen and oxygen atoms in total. The standard InChI is InChI=1S/C25H33N5O/c1-2-30-15-10-25(23(30)31)20-29(17-21-6-5-11-26-16-21)19-24(25)8-13-28(14-9-24)18-22-7-3-4-12-27-22/h3-7,11-12,16H,2,8-10,13-15,17-20H2,1H3. The molecule has 2 aromatic rings. The van der Waals surface area contributed by atoms with Crippen molar-refractivity contribution in [2.45, 2.75) is 39.3 Å². The highest BCUT2D eigenvalue weighted by atomic mass is 16.2. The molecule has 0 saturated carbocycles. The second kappa shape index (κ2) is 8.32. The Morgan fingerprint density at radius 1 is 0.935 bits per heavy atom. The molecule has 3 aliphatic rings. The predicted molar refractivity (Wildman–Crippen MR) is 120 cm³/mol. The largest absolute Gasteiger partial charge is 0.342 e. The molecule has 5 rings (SSSR count). The summed E-state index contributed by atoms with van der Waals surface area (Å²) in [5.41, 5.74) is 2.23. The van der Waals surface area contributed by atoms with Crippen LogP contribution in [0.4, 0.5) is 0 Å². The third kappa shape index (κ3) is 3.66. The summed E-state index contributed by atoms with van der Waals surface area (Å²) >= 11 is 0. The second-order valence-corrected chi connectivity index (χ2v) is 9.60. The summed E-state index contributed by atoms with van der Waals surface area (Å²) in [6.07, 6.45) is 8.84. The van der Waals surface area contributed by atoms with Gasteiger partial charge in [0.2, 0.25) is 5.91 Å². The molecule has 0 radical (unpaired) electrons. The number of nitrogens with zero attached hydrogens (tertiary/aromatic N) is 5. The van der Waals surface area contributed by atoms with Gasteiger partial charge in [0.1, 0.15) is 0 Å². The number of hydrogen-bond acceptors (Lipinski definition) is 5. The maximum absolute atomic E-state index is 13.7. The van der Waals surface area contributed by atoms with Gasteiger partial charge in [-0.3, -0.25) is 24.6 Å². The fraction of sp³-hybridized carbons (Fsp3) is 0.560. The van der Waals surface area contributed by atoms with E-state index in [0.717, 1.165) is 77.3 Å². The fourth-order valence-corrected chi connectivity index (χ4v) is 6.32. The van der Waals surface area contributed by atoms with Crippen LogP contribution in [0.15, 0.2) is 48.9 Å². The molecule has 2 spiro atoms. The normalized spacial score (nSPS) is 26.4. The quantitative estimate of drug-likeness (QED) is 0.746. The first-order chi connectivity index (χ1) is 15.1. The van der Waals surface area contributed by atoms with Crippen LogP contribution in [0, 0.1) is 10.8 Å². The van der Waals surface area contributed by atoms with Crippen molar-refractivity contribution < 1.29 is 4.79 Å². The molecule has 5 heterocycles. The summed E-state index contributed by atoms with van der Waals surface area (Å²) < 4.78 is 0. The minimum Gasteiger partial charge on any atom is -0.342 e. The highest BCUT2D eigenvalue weighted by molar-refractivity contribution is 5.86. The number of carbonyl (C=O) groups excluding carboxylic acids is 1. The van der Waals surface area contributed by atoms with Crippen LogP contribution in [0.5, 0.6) is 0 Å². The number of carbonyl (C=O) groups is 1. The Morgan fingerprint density at radius 3 is 2.48 bits per heavy atom. The van der Waals surface area contributed by atoms with E-state index in [1.807, 2.05) is 30.7 Å². The van der Waals surface area contributed by atoms with Crippen molar-refractivity contribution in [1.82, 2.24) is 24.7 Å². The lowest BCUT2D eigenvalue weighted by Gasteiger charge is -2.47. The first kappa shape index (κ1) is 20.6. The summed E-state index contributed by atoms with van der Waals surface area (Å²) in [6.45, 7) is 9.62. The van der Waals surface area contributed by atoms with Crippen molar-refractivity contribution in [1.29, 1.82) is 0 Å². The highest BCUT2D eigenvalue weighted by Crippen LogP contribution is 2.58. The predicted octanol–water partition coefficient (Wildman–Crippen LogP) is 2.81. The Bertz CT molecular complexity index is 897. The monoisotopic (exact) mass is 419 g/mol. The number of pyridine rings is 2. The van der Waals surface area contributed by atoms with Crippen molar-refractivity contribution in [3.8, 4) is 0 Å². The van der Waals surface area contributed by atoms with Gasteiger partial charge in [-0.1, -0.05) is 12.1 Å². The topological polar surface area (TPSA) is 52.6 Å². The zero-order chi connectivity index (χ0) is 21.3. The van der Waals surface area contributed by atoms with Crippen LogP contribution in [0.3, 0.4) is 0 Å². The van der Waals surface area contributed by atoms with Gasteiger partial charge < -0.3 is 4.90 Å². The summed E-state index contributed by atoms with van der Waals surface area (Å²) in [5, 5.41) is 0. The molecule has 3 fully saturated rings. The van der Waals surface area contributed by atoms with Crippen LogP contribution in [0.1, 0.15) is 37.4 Å². The number of hydrogen-bond donors (Lipinski definition) is 0. The van der Waals surface area contributed by atoms with Crippen LogP contribution in [0.25, 0.3) is 0 Å². The molecular formula is C25H33N5O. The molecule has 0 aromatic carbocycles. The van der Waals surface area contributed by atoms with E-state index >= 15 is 0 Å². The van der Waals surface area contributed by atoms with Crippen molar-refractivity contribution in [3.63, 3.8) is 0 Å². The van der Waals surface area contributed by atoms with E-state index in [0.29, 0.717) is 5.91 Å². The maximum atomic E-state index is 13.7. The lowest BCUT2D eigenvalue weighted by Crippen LogP contribution is -2.52. The number of piperidine rings is 1. The smallest absolute Gasteiger partial charge is 0.230 e. The number of rotatable bonds is 5. The van der Waals surface area contributed by atoms with Gasteiger partial charge in [0, 0.05) is 63.3 Å². The first-order valence-corrected chi connectivity index (χ1v) is 11.7. The average Bonchev–Trinajstić information content (AvgIpc) is 3.28. The molecule has 6 heteroatoms. The van der Waals surface area contributed by atoms with Gasteiger partial charge in [-0.15, -0.1) is 0 Å². The maximum Gasteiger partial charge on any atom is 0.230 e. The second-order valence-electron chi connectivity index (χ2n) is 9.60. The van der Waals surface area contributed by atoms with Crippen molar-refractivity contribution in [2.24, 2.45) is 10.8 Å². The van der Waals surface area contributed by atoms with E-state index in [1.165, 1.54) is 5.56 Å². The number of aromatic nitrogens is 2. The Morgan fingerprint density at radius 2 is 1.81 bits per heavy atom. The van der Waals surface area contributed by atoms with E-state index in [1.54, 1.807) is 0 Å². The van der Waals surface area contributed by atoms with Crippen LogP contribution >= 0.6 is 0 Å². The number of likely N-dealkylation sites (tertiary alicyclic amines) is 3. The minimum atomic E-state index is -0.220. The van der Waals surface area contributed by atoms with Gasteiger partial charge in [0.25, 0.3) is 0 Å². The molecule has 0 aliphatic carbocycles. The molecule has 1 atom stereocenters. The van der Waals surface area contributed by atoms with Gasteiger partial charge >= 0.3 is 0 Å². The summed E-state index contributed by atoms with van der Waals surface area (Å²) in [5.74, 6) is 0.405. The van der Waals surface area contributed by atoms with E-state index in [9.17, 15) is 4.79 Å². The minimum absolute atomic E-state index is 0.0802. The van der Waals surface area contributed by atoms with Crippen molar-refractivity contribution >= 4 is 5.91 Å². The highest BCUT2D eigenvalue weighted by Gasteiger charge is 2.64. The third-order valence-electron chi connectivity index (χ3n) is 7.98. The lowest BCUT2D eigenvalue weighted by atomic mass is 9.60. The Kier molecular flexibility index (Phi) is 5.52. The van der Waals surface area contributed by atoms with E-state index in [2.05, 4.69) is 49.8 Å². The number of fused-ring (bicyclic) bond motifs is 1. The lowest BCUT2D eigenvalue weighted by molar-refractivity contribution is -0.142. The fourth-order valence-electron chi connectivity index (χ4n) is 6.32. The Labute approximate surface area is 185 Å². The molecule has 1 unspecified atom stereocenters. The van der Waals surface area contributed by atoms with Gasteiger partial charge in [-0.2, -0.15) is 0 Å². The molecule has 164 valence electrons. The zero-order valence-corrected chi connectivity index (χ0v) is 18.5. The van der Waals surface area contributed by atoms with E-state index < -0.39 is 0 Å². The van der Waals surface area contributed by atoms with Crippen LogP contribution in [-0.2, 0) is 17.9 Å². The average molecular weight is 420 g/mol. The van der Waals surface area contributed by atoms with Crippen molar-refractivity contribution in [3.05, 3.63) is 60.2 Å². The van der Waals surface area contributed by atoms with E-state index in [-0.39, 0.29) is 10.8 Å². The number of amides is 1. The molecule has 3 saturated heterocycles. The SMILES string of the molecule is CCN1CCC2(CN(Cc3cccnc3)CC23CCN(Cc2ccccn2)CC3)C1=O. The Hall–Kier alpha value is -2.31. The van der Waals surface area contributed by atoms with Crippen LogP contribution in [0.2, 0.25) is 0 Å². The molecule has 0 N–H and O–H groups in total. The van der Waals surface area contributed by atoms with Crippen molar-refractivity contribution in [2.75, 3.05) is 39.3 Å². The summed E-state index contributed by atoms with van der Waals surface area (Å²) in [6, 6.07) is 10.3. The molecule has 1 amide bonds. The van der Waals surface area contributed by atoms with Crippen LogP contribution in [-0.4, -0.2) is 69.8 Å². The molecular weight excluding hydrogens is 386 g/mol.